The first kappa shape index (κ1) is 95.3. The van der Waals surface area contributed by atoms with Gasteiger partial charge in [-0.3, -0.25) is 53.3 Å². The average Bonchev–Trinajstić information content (AvgIpc) is 1.63. The molecule has 0 spiro atoms. The number of pyridine rings is 3. The summed E-state index contributed by atoms with van der Waals surface area (Å²) in [6, 6.07) is 67.2. The Bertz CT molecular complexity index is 6860. The van der Waals surface area contributed by atoms with Crippen LogP contribution in [0.15, 0.2) is 225 Å². The van der Waals surface area contributed by atoms with Crippen LogP contribution in [-0.4, -0.2) is 124 Å². The molecule has 5 amide bonds. The fourth-order valence-corrected chi connectivity index (χ4v) is 22.7. The summed E-state index contributed by atoms with van der Waals surface area (Å²) in [5.41, 5.74) is 18.6. The Morgan fingerprint density at radius 3 is 0.905 bits per heavy atom. The summed E-state index contributed by atoms with van der Waals surface area (Å²) >= 11 is 6.11. The van der Waals surface area contributed by atoms with E-state index < -0.39 is 5.91 Å². The molecule has 0 saturated heterocycles. The summed E-state index contributed by atoms with van der Waals surface area (Å²) in [4.78, 5) is 141. The fourth-order valence-electron chi connectivity index (χ4n) is 19.6. The van der Waals surface area contributed by atoms with Gasteiger partial charge in [-0.2, -0.15) is 0 Å². The summed E-state index contributed by atoms with van der Waals surface area (Å²) < 4.78 is 9.10. The lowest BCUT2D eigenvalue weighted by molar-refractivity contribution is 0.0916. The van der Waals surface area contributed by atoms with Gasteiger partial charge in [-0.25, -0.2) is 19.9 Å². The summed E-state index contributed by atoms with van der Waals surface area (Å²) in [5.74, 6) is 3.53. The predicted molar refractivity (Wildman–Crippen MR) is 547 cm³/mol. The van der Waals surface area contributed by atoms with Crippen molar-refractivity contribution in [2.75, 3.05) is 0 Å². The second kappa shape index (κ2) is 43.3. The number of hydrogen-bond donors (Lipinski definition) is 5. The zero-order valence-corrected chi connectivity index (χ0v) is 81.7. The number of thiophene rings is 4. The van der Waals surface area contributed by atoms with E-state index in [4.69, 9.17) is 25.7 Å². The minimum Gasteiger partial charge on any atom is -0.366 e. The summed E-state index contributed by atoms with van der Waals surface area (Å²) in [7, 11) is 0. The van der Waals surface area contributed by atoms with Crippen molar-refractivity contribution in [3.8, 4) is 45.9 Å². The Morgan fingerprint density at radius 2 is 0.628 bits per heavy atom. The number of Topliss-reactive ketones (excluding diaryl/α,β-unsaturated/α-hetero) is 3. The van der Waals surface area contributed by atoms with Crippen LogP contribution < -0.4 is 27.0 Å². The number of carbonyl (C=O) groups is 8. The number of primary amides is 1. The molecule has 24 nitrogen and oxygen atoms in total. The molecule has 137 heavy (non-hydrogen) atoms. The molecule has 28 heteroatoms. The molecule has 11 heterocycles. The van der Waals surface area contributed by atoms with Crippen LogP contribution in [0.3, 0.4) is 0 Å². The molecule has 4 saturated carbocycles. The number of carbonyl (C=O) groups excluding carboxylic acids is 8. The van der Waals surface area contributed by atoms with Gasteiger partial charge in [0, 0.05) is 134 Å². The fraction of sp³-hybridized carbons (Fsp3) is 0.330. The summed E-state index contributed by atoms with van der Waals surface area (Å²) in [6.45, 7) is 15.9. The van der Waals surface area contributed by atoms with E-state index in [9.17, 15) is 38.4 Å². The van der Waals surface area contributed by atoms with Crippen LogP contribution in [0.4, 0.5) is 0 Å². The number of nitrogens with two attached hydrogens (primary N) is 1. The van der Waals surface area contributed by atoms with Gasteiger partial charge in [-0.15, -0.1) is 45.3 Å². The second-order valence-corrected chi connectivity index (χ2v) is 41.7. The van der Waals surface area contributed by atoms with Crippen LogP contribution in [0.25, 0.3) is 90.1 Å². The molecule has 0 aliphatic heterocycles. The lowest BCUT2D eigenvalue weighted by Crippen LogP contribution is -2.38. The van der Waals surface area contributed by atoms with Crippen molar-refractivity contribution in [3.05, 3.63) is 286 Å². The van der Waals surface area contributed by atoms with Gasteiger partial charge >= 0.3 is 0 Å². The number of aryl methyl sites for hydroxylation is 4. The van der Waals surface area contributed by atoms with Gasteiger partial charge in [0.2, 0.25) is 5.91 Å². The smallest absolute Gasteiger partial charge is 0.261 e. The van der Waals surface area contributed by atoms with Gasteiger partial charge in [0.15, 0.2) is 34.8 Å². The number of benzene rings is 5. The topological polar surface area (TPSA) is 321 Å². The number of nitrogens with zero attached hydrogens (tertiary/aromatic N) is 11. The summed E-state index contributed by atoms with van der Waals surface area (Å²) in [5, 5.41) is 13.0. The van der Waals surface area contributed by atoms with E-state index in [1.54, 1.807) is 30.7 Å². The minimum absolute atomic E-state index is 0.00640. The normalized spacial score (nSPS) is 18.2. The SMILES string of the molecule is CCC(=O)c1ccc2c(c1)nc(-c1ccccc1)n2C1CCCC(NC(=O)c2ccc(C)s2)C1.CCC(=O)c1ccc2c(c1)nc(-c1ccccn1)n2C1CCCC(NC(=O)c2ccc(C)s2)C1.Cc1ccc(C(=O)NC2CCCC(n3c(-c4ccccn4)nc4cc(C(=O)CC(C)C)ccc43)C2)s1.Cc1ccc(C(=O)NC2CCCC(n3c(-c4ccccn4)nc4cc(C(N)=O)ccc43)C2)s1. The van der Waals surface area contributed by atoms with E-state index >= 15 is 0 Å². The Hall–Kier alpha value is -13.4. The molecule has 11 aromatic heterocycles. The number of rotatable bonds is 24. The van der Waals surface area contributed by atoms with E-state index in [0.29, 0.717) is 53.0 Å². The van der Waals surface area contributed by atoms with Gasteiger partial charge < -0.3 is 45.3 Å². The van der Waals surface area contributed by atoms with Crippen LogP contribution >= 0.6 is 45.3 Å². The van der Waals surface area contributed by atoms with Gasteiger partial charge in [0.1, 0.15) is 22.9 Å². The largest absolute Gasteiger partial charge is 0.366 e. The van der Waals surface area contributed by atoms with Crippen LogP contribution in [0, 0.1) is 33.6 Å². The molecule has 702 valence electrons. The average molecular weight is 1900 g/mol. The molecule has 20 rings (SSSR count). The number of nitrogens with one attached hydrogen (secondary N) is 4. The maximum atomic E-state index is 12.8. The van der Waals surface area contributed by atoms with E-state index in [2.05, 4.69) is 80.5 Å². The molecule has 4 aliphatic rings. The Balaban J connectivity index is 0.000000127. The number of fused-ring (bicyclic) bond motifs is 4. The molecule has 8 unspecified atom stereocenters. The number of aromatic nitrogens is 11. The third-order valence-corrected chi connectivity index (χ3v) is 30.2. The highest BCUT2D eigenvalue weighted by molar-refractivity contribution is 7.15. The van der Waals surface area contributed by atoms with Crippen molar-refractivity contribution in [3.63, 3.8) is 0 Å². The monoisotopic (exact) mass is 1900 g/mol. The van der Waals surface area contributed by atoms with Gasteiger partial charge in [-0.1, -0.05) is 76.2 Å². The first-order valence-corrected chi connectivity index (χ1v) is 51.0. The maximum absolute atomic E-state index is 12.8. The molecule has 0 radical (unpaired) electrons. The zero-order valence-electron chi connectivity index (χ0n) is 78.4. The van der Waals surface area contributed by atoms with Crippen LogP contribution in [0.5, 0.6) is 0 Å². The Kier molecular flexibility index (Phi) is 30.1. The second-order valence-electron chi connectivity index (χ2n) is 36.6. The highest BCUT2D eigenvalue weighted by atomic mass is 32.1. The molecular weight excluding hydrogens is 1790 g/mol. The van der Waals surface area contributed by atoms with Crippen LogP contribution in [0.1, 0.15) is 273 Å². The van der Waals surface area contributed by atoms with Crippen LogP contribution in [-0.2, 0) is 0 Å². The number of imidazole rings is 4. The molecule has 8 atom stereocenters. The van der Waals surface area contributed by atoms with Crippen molar-refractivity contribution >= 4 is 136 Å². The molecule has 4 fully saturated rings. The zero-order chi connectivity index (χ0) is 95.5. The van der Waals surface area contributed by atoms with E-state index in [0.717, 1.165) is 226 Å². The summed E-state index contributed by atoms with van der Waals surface area (Å²) in [6.07, 6.45) is 22.1. The quantitative estimate of drug-likeness (QED) is 0.0351. The number of ketones is 3. The molecule has 5 aromatic carbocycles. The Labute approximate surface area is 812 Å². The van der Waals surface area contributed by atoms with Crippen molar-refractivity contribution in [2.24, 2.45) is 11.7 Å². The minimum atomic E-state index is -0.477. The number of amides is 5. The van der Waals surface area contributed by atoms with E-state index in [-0.39, 0.29) is 89.3 Å². The van der Waals surface area contributed by atoms with E-state index in [1.807, 2.05) is 224 Å². The van der Waals surface area contributed by atoms with Gasteiger partial charge in [-0.05, 0) is 294 Å². The van der Waals surface area contributed by atoms with Crippen LogP contribution in [0.2, 0.25) is 0 Å². The maximum Gasteiger partial charge on any atom is 0.261 e. The first-order valence-electron chi connectivity index (χ1n) is 47.7. The standard InChI is InChI=1S/C29H32N4O2S.C28H29N3O2S.C27H28N4O2S.C25H25N5O2S/c1-18(2)15-26(34)20-11-12-25-24(16-20)32-28(23-9-4-5-14-30-23)33(25)22-8-6-7-21(17-22)31-29(35)27-13-10-19(3)36-27;1-3-25(32)20-13-14-24-23(16-20)30-27(19-8-5-4-6-9-19)31(24)22-11-7-10-21(17-22)29-28(33)26-15-12-18(2)34-26;1-3-24(32)18-11-12-23-22(15-18)30-26(21-9-4-5-14-28-21)31(23)20-8-6-7-19(16-20)29-27(33)25-13-10-17(2)34-25;1-15-8-11-22(33-15)25(32)28-17-5-4-6-18(14-17)30-21-10-9-16(23(26)31)13-20(21)29-24(30)19-7-2-3-12-27-19/h4-5,9-14,16,18,21-22H,6-8,15,17H2,1-3H3,(H,31,35);4-6,8-9,12-16,21-22H,3,7,10-11,17H2,1-2H3,(H,29,33);4-5,9-15,19-20H,3,6-8,16H2,1-2H3,(H,29,33);2-3,7-13,17-18H,4-6,14H2,1H3,(H2,26,31)(H,28,32). The van der Waals surface area contributed by atoms with Crippen molar-refractivity contribution in [2.45, 2.75) is 226 Å². The van der Waals surface area contributed by atoms with E-state index in [1.165, 1.54) is 45.3 Å². The van der Waals surface area contributed by atoms with Gasteiger partial charge in [0.05, 0.1) is 63.6 Å². The van der Waals surface area contributed by atoms with Crippen molar-refractivity contribution in [1.29, 1.82) is 0 Å². The molecular formula is C109H114N16O8S4. The lowest BCUT2D eigenvalue weighted by atomic mass is 9.90. The third kappa shape index (κ3) is 22.3. The van der Waals surface area contributed by atoms with Gasteiger partial charge in [0.25, 0.3) is 23.6 Å². The predicted octanol–water partition coefficient (Wildman–Crippen LogP) is 23.6. The molecule has 4 aliphatic carbocycles. The molecule has 16 aromatic rings. The Morgan fingerprint density at radius 1 is 0.343 bits per heavy atom. The molecule has 6 N–H and O–H groups in total. The number of hydrogen-bond acceptors (Lipinski definition) is 19. The lowest BCUT2D eigenvalue weighted by Gasteiger charge is -2.32. The molecule has 0 bridgehead atoms. The van der Waals surface area contributed by atoms with Crippen molar-refractivity contribution < 1.29 is 38.4 Å². The highest BCUT2D eigenvalue weighted by Gasteiger charge is 2.35. The third-order valence-electron chi connectivity index (χ3n) is 26.2. The highest BCUT2D eigenvalue weighted by Crippen LogP contribution is 2.43. The first-order chi connectivity index (χ1) is 66.4. The van der Waals surface area contributed by atoms with Crippen molar-refractivity contribution in [1.82, 2.24) is 74.4 Å².